The van der Waals surface area contributed by atoms with Gasteiger partial charge in [0.2, 0.25) is 5.91 Å². The fourth-order valence-corrected chi connectivity index (χ4v) is 5.47. The van der Waals surface area contributed by atoms with Gasteiger partial charge in [0.05, 0.1) is 46.6 Å². The van der Waals surface area contributed by atoms with Crippen LogP contribution in [0.3, 0.4) is 0 Å². The van der Waals surface area contributed by atoms with Crippen molar-refractivity contribution in [3.63, 3.8) is 0 Å². The van der Waals surface area contributed by atoms with Crippen molar-refractivity contribution in [2.45, 2.75) is 16.6 Å². The predicted octanol–water partition coefficient (Wildman–Crippen LogP) is 5.67. The zero-order chi connectivity index (χ0) is 30.2. The molecule has 0 spiro atoms. The van der Waals surface area contributed by atoms with Gasteiger partial charge >= 0.3 is 0 Å². The summed E-state index contributed by atoms with van der Waals surface area (Å²) in [6, 6.07) is 17.7. The Kier molecular flexibility index (Phi) is 10.8. The van der Waals surface area contributed by atoms with E-state index in [4.69, 9.17) is 4.74 Å². The molecule has 3 aromatic carbocycles. The molecule has 13 heteroatoms. The van der Waals surface area contributed by atoms with Crippen LogP contribution in [0.15, 0.2) is 75.7 Å². The fraction of sp³-hybridized carbons (Fsp3) is 0.276. The summed E-state index contributed by atoms with van der Waals surface area (Å²) in [5.74, 6) is 0.552. The van der Waals surface area contributed by atoms with Gasteiger partial charge in [0.25, 0.3) is 5.56 Å². The average molecular weight is 702 g/mol. The summed E-state index contributed by atoms with van der Waals surface area (Å²) in [5, 5.41) is 30.6. The van der Waals surface area contributed by atoms with E-state index in [1.807, 2.05) is 23.1 Å². The number of H-pyrrole nitrogens is 1. The minimum atomic E-state index is -0.478. The van der Waals surface area contributed by atoms with Crippen LogP contribution in [0.4, 0.5) is 22.7 Å². The number of carbonyl (C=O) groups is 1. The average Bonchev–Trinajstić information content (AvgIpc) is 2.99. The third-order valence-electron chi connectivity index (χ3n) is 6.34. The Morgan fingerprint density at radius 1 is 1.05 bits per heavy atom. The number of azo groups is 1. The zero-order valence-corrected chi connectivity index (χ0v) is 26.1. The van der Waals surface area contributed by atoms with Crippen LogP contribution in [0.2, 0.25) is 0 Å². The highest BCUT2D eigenvalue weighted by Crippen LogP contribution is 2.47. The second-order valence-corrected chi connectivity index (χ2v) is 11.2. The molecule has 4 N–H and O–H groups in total. The van der Waals surface area contributed by atoms with E-state index < -0.39 is 9.65 Å². The number of aliphatic hydroxyl groups is 2. The van der Waals surface area contributed by atoms with Gasteiger partial charge in [-0.25, -0.2) is 4.98 Å². The third-order valence-corrected chi connectivity index (χ3v) is 9.03. The highest BCUT2D eigenvalue weighted by molar-refractivity contribution is 9.12. The first kappa shape index (κ1) is 31.3. The molecule has 11 nitrogen and oxygen atoms in total. The van der Waals surface area contributed by atoms with Crippen LogP contribution in [-0.4, -0.2) is 59.5 Å². The van der Waals surface area contributed by atoms with Crippen molar-refractivity contribution in [2.24, 2.45) is 10.2 Å². The van der Waals surface area contributed by atoms with Crippen molar-refractivity contribution in [1.29, 1.82) is 0 Å². The zero-order valence-electron chi connectivity index (χ0n) is 22.9. The normalized spacial score (nSPS) is 12.8. The third kappa shape index (κ3) is 7.40. The second-order valence-electron chi connectivity index (χ2n) is 9.21. The number of hydrogen-bond donors (Lipinski definition) is 4. The number of fused-ring (bicyclic) bond motifs is 1. The van der Waals surface area contributed by atoms with Gasteiger partial charge in [-0.3, -0.25) is 9.59 Å². The van der Waals surface area contributed by atoms with Crippen LogP contribution < -0.4 is 20.5 Å². The quantitative estimate of drug-likeness (QED) is 0.110. The molecule has 0 fully saturated rings. The summed E-state index contributed by atoms with van der Waals surface area (Å²) in [7, 11) is 1.51. The SMILES string of the molecule is COc1cc(C(Br)C(Br)c2nc3ccccc3c(=O)[nH]2)c(NC(C)=O)cc1N=Nc1ccc(N(CCO)CCO)cc1. The van der Waals surface area contributed by atoms with Crippen molar-refractivity contribution < 1.29 is 19.7 Å². The molecule has 220 valence electrons. The molecule has 0 aliphatic heterocycles. The van der Waals surface area contributed by atoms with Crippen LogP contribution in [0.25, 0.3) is 10.9 Å². The number of benzene rings is 3. The maximum absolute atomic E-state index is 12.7. The first-order valence-corrected chi connectivity index (χ1v) is 14.8. The molecule has 0 aliphatic carbocycles. The van der Waals surface area contributed by atoms with Gasteiger partial charge in [-0.05, 0) is 54.1 Å². The number of amides is 1. The standard InChI is InChI=1S/C29H30Br2N6O5/c1-17(40)32-23-16-24(36-35-18-7-9-19(10-8-18)37(11-13-38)12-14-39)25(42-2)15-21(23)26(30)27(31)28-33-22-6-4-3-5-20(22)29(41)34-28/h3-10,15-16,26-27,38-39H,11-14H2,1-2H3,(H,32,40)(H,33,34,41). The molecule has 1 aromatic heterocycles. The van der Waals surface area contributed by atoms with Gasteiger partial charge < -0.3 is 30.2 Å². The van der Waals surface area contributed by atoms with Gasteiger partial charge in [-0.15, -0.1) is 5.11 Å². The predicted molar refractivity (Wildman–Crippen MR) is 170 cm³/mol. The molecule has 4 aromatic rings. The van der Waals surface area contributed by atoms with Gasteiger partial charge in [0, 0.05) is 31.4 Å². The number of nitrogens with one attached hydrogen (secondary N) is 2. The van der Waals surface area contributed by atoms with Crippen LogP contribution in [0.5, 0.6) is 5.75 Å². The molecule has 1 heterocycles. The maximum atomic E-state index is 12.7. The number of aromatic nitrogens is 2. The Balaban J connectivity index is 1.66. The summed E-state index contributed by atoms with van der Waals surface area (Å²) in [6.45, 7) is 2.14. The molecule has 0 bridgehead atoms. The highest BCUT2D eigenvalue weighted by Gasteiger charge is 2.27. The summed E-state index contributed by atoms with van der Waals surface area (Å²) >= 11 is 7.38. The topological polar surface area (TPSA) is 152 Å². The number of halogens is 2. The van der Waals surface area contributed by atoms with Gasteiger partial charge in [0.15, 0.2) is 0 Å². The van der Waals surface area contributed by atoms with Crippen LogP contribution >= 0.6 is 31.9 Å². The Morgan fingerprint density at radius 3 is 2.38 bits per heavy atom. The monoisotopic (exact) mass is 700 g/mol. The molecule has 0 saturated heterocycles. The summed E-state index contributed by atoms with van der Waals surface area (Å²) < 4.78 is 5.62. The van der Waals surface area contributed by atoms with Crippen molar-refractivity contribution in [3.8, 4) is 5.75 Å². The van der Waals surface area contributed by atoms with Crippen LogP contribution in [0.1, 0.15) is 28.0 Å². The second kappa shape index (κ2) is 14.5. The Bertz CT molecular complexity index is 1620. The number of hydrogen-bond acceptors (Lipinski definition) is 9. The van der Waals surface area contributed by atoms with E-state index in [-0.39, 0.29) is 24.7 Å². The smallest absolute Gasteiger partial charge is 0.258 e. The molecule has 0 saturated carbocycles. The lowest BCUT2D eigenvalue weighted by Crippen LogP contribution is -2.29. The molecular weight excluding hydrogens is 672 g/mol. The lowest BCUT2D eigenvalue weighted by atomic mass is 10.0. The van der Waals surface area contributed by atoms with E-state index >= 15 is 0 Å². The number of carbonyl (C=O) groups excluding carboxylic acids is 1. The van der Waals surface area contributed by atoms with Crippen molar-refractivity contribution in [3.05, 3.63) is 82.4 Å². The van der Waals surface area contributed by atoms with Gasteiger partial charge in [-0.1, -0.05) is 44.0 Å². The van der Waals surface area contributed by atoms with Gasteiger partial charge in [-0.2, -0.15) is 5.11 Å². The number of para-hydroxylation sites is 1. The van der Waals surface area contributed by atoms with Crippen molar-refractivity contribution in [1.82, 2.24) is 9.97 Å². The lowest BCUT2D eigenvalue weighted by molar-refractivity contribution is -0.114. The lowest BCUT2D eigenvalue weighted by Gasteiger charge is -2.22. The number of aliphatic hydroxyl groups excluding tert-OH is 2. The van der Waals surface area contributed by atoms with Crippen molar-refractivity contribution in [2.75, 3.05) is 43.6 Å². The minimum Gasteiger partial charge on any atom is -0.494 e. The number of nitrogens with zero attached hydrogens (tertiary/aromatic N) is 4. The number of rotatable bonds is 12. The Hall–Kier alpha value is -3.65. The molecule has 1 amide bonds. The van der Waals surface area contributed by atoms with E-state index in [9.17, 15) is 19.8 Å². The first-order chi connectivity index (χ1) is 20.2. The highest BCUT2D eigenvalue weighted by atomic mass is 79.9. The number of aromatic amines is 1. The molecule has 4 rings (SSSR count). The molecular formula is C29H30Br2N6O5. The minimum absolute atomic E-state index is 0.0321. The van der Waals surface area contributed by atoms with E-state index in [1.54, 1.807) is 42.5 Å². The molecule has 0 aliphatic rings. The number of anilines is 2. The van der Waals surface area contributed by atoms with Gasteiger partial charge in [0.1, 0.15) is 17.3 Å². The molecule has 2 atom stereocenters. The van der Waals surface area contributed by atoms with E-state index in [0.29, 0.717) is 58.2 Å². The Morgan fingerprint density at radius 2 is 1.74 bits per heavy atom. The summed E-state index contributed by atoms with van der Waals surface area (Å²) in [6.07, 6.45) is 0. The van der Waals surface area contributed by atoms with Crippen LogP contribution in [-0.2, 0) is 4.79 Å². The molecule has 42 heavy (non-hydrogen) atoms. The maximum Gasteiger partial charge on any atom is 0.258 e. The fourth-order valence-electron chi connectivity index (χ4n) is 4.34. The first-order valence-electron chi connectivity index (χ1n) is 13.0. The molecule has 2 unspecified atom stereocenters. The number of methoxy groups -OCH3 is 1. The summed E-state index contributed by atoms with van der Waals surface area (Å²) in [5.41, 5.74) is 3.25. The van der Waals surface area contributed by atoms with Crippen LogP contribution in [0, 0.1) is 0 Å². The number of alkyl halides is 2. The van der Waals surface area contributed by atoms with E-state index in [0.717, 1.165) is 5.69 Å². The number of ether oxygens (including phenoxy) is 1. The Labute approximate surface area is 258 Å². The largest absolute Gasteiger partial charge is 0.494 e. The van der Waals surface area contributed by atoms with E-state index in [1.165, 1.54) is 14.0 Å². The molecule has 0 radical (unpaired) electrons. The summed E-state index contributed by atoms with van der Waals surface area (Å²) in [4.78, 5) is 33.2. The van der Waals surface area contributed by atoms with Crippen molar-refractivity contribution >= 4 is 71.4 Å². The van der Waals surface area contributed by atoms with E-state index in [2.05, 4.69) is 57.4 Å².